The van der Waals surface area contributed by atoms with Crippen molar-refractivity contribution in [2.24, 2.45) is 11.1 Å². The van der Waals surface area contributed by atoms with Crippen LogP contribution in [0, 0.1) is 12.3 Å². The standard InChI is InChI=1S/C18H21N5O/c1-12-3-4-14(16-20-7-2-8-21-16)15(22-12)17(24)23-11-18(5-6-18)9-13(23)10-19/h2-4,7-8,13H,5-6,9-11,19H2,1H3. The number of carbonyl (C=O) groups is 1. The Balaban J connectivity index is 1.73. The van der Waals surface area contributed by atoms with Gasteiger partial charge in [0.1, 0.15) is 5.69 Å². The lowest BCUT2D eigenvalue weighted by Crippen LogP contribution is -2.40. The largest absolute Gasteiger partial charge is 0.332 e. The number of amides is 1. The van der Waals surface area contributed by atoms with Gasteiger partial charge in [-0.2, -0.15) is 0 Å². The van der Waals surface area contributed by atoms with Gasteiger partial charge in [0.25, 0.3) is 5.91 Å². The van der Waals surface area contributed by atoms with Crippen LogP contribution in [0.3, 0.4) is 0 Å². The molecule has 1 spiro atoms. The van der Waals surface area contributed by atoms with Crippen molar-refractivity contribution in [2.75, 3.05) is 13.1 Å². The first kappa shape index (κ1) is 15.2. The summed E-state index contributed by atoms with van der Waals surface area (Å²) >= 11 is 0. The number of likely N-dealkylation sites (tertiary alicyclic amines) is 1. The van der Waals surface area contributed by atoms with E-state index in [1.165, 1.54) is 12.8 Å². The van der Waals surface area contributed by atoms with Gasteiger partial charge in [0.15, 0.2) is 5.82 Å². The SMILES string of the molecule is Cc1ccc(-c2ncccn2)c(C(=O)N2CC3(CC3)CC2CN)n1. The van der Waals surface area contributed by atoms with E-state index in [0.29, 0.717) is 29.0 Å². The first-order valence-corrected chi connectivity index (χ1v) is 8.38. The third-order valence-electron chi connectivity index (χ3n) is 5.15. The van der Waals surface area contributed by atoms with E-state index < -0.39 is 0 Å². The third-order valence-corrected chi connectivity index (χ3v) is 5.15. The Bertz CT molecular complexity index is 772. The molecule has 2 aromatic rings. The molecule has 0 aromatic carbocycles. The topological polar surface area (TPSA) is 85.0 Å². The summed E-state index contributed by atoms with van der Waals surface area (Å²) in [5.74, 6) is 0.471. The molecule has 124 valence electrons. The Morgan fingerprint density at radius 2 is 2.08 bits per heavy atom. The van der Waals surface area contributed by atoms with Gasteiger partial charge in [0.05, 0.1) is 5.56 Å². The van der Waals surface area contributed by atoms with Crippen LogP contribution in [0.5, 0.6) is 0 Å². The van der Waals surface area contributed by atoms with Gasteiger partial charge in [0.2, 0.25) is 0 Å². The molecule has 1 saturated heterocycles. The van der Waals surface area contributed by atoms with Crippen LogP contribution < -0.4 is 5.73 Å². The second kappa shape index (κ2) is 5.63. The quantitative estimate of drug-likeness (QED) is 0.931. The fourth-order valence-electron chi connectivity index (χ4n) is 3.63. The van der Waals surface area contributed by atoms with E-state index in [2.05, 4.69) is 15.0 Å². The zero-order valence-corrected chi connectivity index (χ0v) is 13.8. The van der Waals surface area contributed by atoms with Crippen LogP contribution in [-0.2, 0) is 0 Å². The van der Waals surface area contributed by atoms with Crippen molar-refractivity contribution in [3.8, 4) is 11.4 Å². The molecule has 1 atom stereocenters. The van der Waals surface area contributed by atoms with Gasteiger partial charge in [0, 0.05) is 37.2 Å². The molecule has 2 N–H and O–H groups in total. The van der Waals surface area contributed by atoms with Gasteiger partial charge in [-0.1, -0.05) is 0 Å². The highest BCUT2D eigenvalue weighted by Gasteiger charge is 2.53. The van der Waals surface area contributed by atoms with Crippen molar-refractivity contribution in [2.45, 2.75) is 32.2 Å². The molecule has 0 bridgehead atoms. The number of aryl methyl sites for hydroxylation is 1. The lowest BCUT2D eigenvalue weighted by atomic mass is 10.0. The lowest BCUT2D eigenvalue weighted by molar-refractivity contribution is 0.0730. The summed E-state index contributed by atoms with van der Waals surface area (Å²) in [5, 5.41) is 0. The maximum absolute atomic E-state index is 13.2. The molecular formula is C18H21N5O. The summed E-state index contributed by atoms with van der Waals surface area (Å²) in [6.45, 7) is 3.17. The van der Waals surface area contributed by atoms with E-state index in [-0.39, 0.29) is 11.9 Å². The summed E-state index contributed by atoms with van der Waals surface area (Å²) in [6, 6.07) is 5.63. The van der Waals surface area contributed by atoms with Crippen molar-refractivity contribution < 1.29 is 4.79 Å². The molecule has 4 rings (SSSR count). The van der Waals surface area contributed by atoms with E-state index in [4.69, 9.17) is 5.73 Å². The maximum Gasteiger partial charge on any atom is 0.273 e. The zero-order valence-electron chi connectivity index (χ0n) is 13.8. The first-order chi connectivity index (χ1) is 11.6. The average Bonchev–Trinajstić information content (AvgIpc) is 3.26. The minimum absolute atomic E-state index is 0.0552. The molecule has 2 aromatic heterocycles. The highest BCUT2D eigenvalue weighted by Crippen LogP contribution is 2.54. The summed E-state index contributed by atoms with van der Waals surface area (Å²) in [5.41, 5.74) is 8.16. The number of carbonyl (C=O) groups excluding carboxylic acids is 1. The van der Waals surface area contributed by atoms with E-state index in [0.717, 1.165) is 18.7 Å². The van der Waals surface area contributed by atoms with Crippen LogP contribution >= 0.6 is 0 Å². The second-order valence-corrected chi connectivity index (χ2v) is 6.95. The molecule has 6 heteroatoms. The number of nitrogens with zero attached hydrogens (tertiary/aromatic N) is 4. The molecule has 1 saturated carbocycles. The van der Waals surface area contributed by atoms with Crippen molar-refractivity contribution in [1.29, 1.82) is 0 Å². The predicted octanol–water partition coefficient (Wildman–Crippen LogP) is 1.80. The van der Waals surface area contributed by atoms with Crippen molar-refractivity contribution in [3.05, 3.63) is 42.0 Å². The van der Waals surface area contributed by atoms with Crippen LogP contribution in [0.2, 0.25) is 0 Å². The maximum atomic E-state index is 13.2. The number of hydrogen-bond donors (Lipinski definition) is 1. The fourth-order valence-corrected chi connectivity index (χ4v) is 3.63. The summed E-state index contributed by atoms with van der Waals surface area (Å²) in [7, 11) is 0. The molecule has 1 aliphatic carbocycles. The molecule has 0 radical (unpaired) electrons. The highest BCUT2D eigenvalue weighted by molar-refractivity contribution is 5.98. The van der Waals surface area contributed by atoms with Crippen molar-refractivity contribution >= 4 is 5.91 Å². The van der Waals surface area contributed by atoms with E-state index in [1.54, 1.807) is 18.5 Å². The van der Waals surface area contributed by atoms with Gasteiger partial charge in [-0.05, 0) is 49.8 Å². The Labute approximate surface area is 141 Å². The third kappa shape index (κ3) is 2.57. The Hall–Kier alpha value is -2.34. The van der Waals surface area contributed by atoms with Gasteiger partial charge in [-0.25, -0.2) is 15.0 Å². The minimum Gasteiger partial charge on any atom is -0.332 e. The minimum atomic E-state index is -0.0552. The fraction of sp³-hybridized carbons (Fsp3) is 0.444. The molecule has 1 amide bonds. The number of rotatable bonds is 3. The molecular weight excluding hydrogens is 302 g/mol. The number of nitrogens with two attached hydrogens (primary N) is 1. The van der Waals surface area contributed by atoms with Crippen molar-refractivity contribution in [3.63, 3.8) is 0 Å². The van der Waals surface area contributed by atoms with Crippen LogP contribution in [-0.4, -0.2) is 44.9 Å². The van der Waals surface area contributed by atoms with Crippen molar-refractivity contribution in [1.82, 2.24) is 19.9 Å². The second-order valence-electron chi connectivity index (χ2n) is 6.95. The van der Waals surface area contributed by atoms with Crippen LogP contribution in [0.15, 0.2) is 30.6 Å². The summed E-state index contributed by atoms with van der Waals surface area (Å²) < 4.78 is 0. The molecule has 2 fully saturated rings. The van der Waals surface area contributed by atoms with Crippen LogP contribution in [0.4, 0.5) is 0 Å². The number of hydrogen-bond acceptors (Lipinski definition) is 5. The normalized spacial score (nSPS) is 21.2. The van der Waals surface area contributed by atoms with Gasteiger partial charge < -0.3 is 10.6 Å². The monoisotopic (exact) mass is 323 g/mol. The molecule has 1 aliphatic heterocycles. The summed E-state index contributed by atoms with van der Waals surface area (Å²) in [4.78, 5) is 28.2. The average molecular weight is 323 g/mol. The van der Waals surface area contributed by atoms with Gasteiger partial charge in [-0.3, -0.25) is 4.79 Å². The van der Waals surface area contributed by atoms with E-state index >= 15 is 0 Å². The Morgan fingerprint density at radius 1 is 1.33 bits per heavy atom. The number of pyridine rings is 1. The lowest BCUT2D eigenvalue weighted by Gasteiger charge is -2.24. The number of aromatic nitrogens is 3. The Kier molecular flexibility index (Phi) is 3.57. The first-order valence-electron chi connectivity index (χ1n) is 8.38. The highest BCUT2D eigenvalue weighted by atomic mass is 16.2. The smallest absolute Gasteiger partial charge is 0.273 e. The van der Waals surface area contributed by atoms with E-state index in [1.807, 2.05) is 24.0 Å². The van der Waals surface area contributed by atoms with Crippen LogP contribution in [0.25, 0.3) is 11.4 Å². The molecule has 1 unspecified atom stereocenters. The molecule has 3 heterocycles. The summed E-state index contributed by atoms with van der Waals surface area (Å²) in [6.07, 6.45) is 6.76. The van der Waals surface area contributed by atoms with Gasteiger partial charge in [-0.15, -0.1) is 0 Å². The molecule has 24 heavy (non-hydrogen) atoms. The predicted molar refractivity (Wildman–Crippen MR) is 90.2 cm³/mol. The molecule has 6 nitrogen and oxygen atoms in total. The van der Waals surface area contributed by atoms with Crippen LogP contribution in [0.1, 0.15) is 35.4 Å². The van der Waals surface area contributed by atoms with E-state index in [9.17, 15) is 4.79 Å². The Morgan fingerprint density at radius 3 is 2.75 bits per heavy atom. The zero-order chi connectivity index (χ0) is 16.7. The van der Waals surface area contributed by atoms with Gasteiger partial charge >= 0.3 is 0 Å². The molecule has 2 aliphatic rings.